The fraction of sp³-hybridized carbons (Fsp3) is 0.625. The summed E-state index contributed by atoms with van der Waals surface area (Å²) in [6, 6.07) is 3.96. The number of fused-ring (bicyclic) bond motifs is 1. The van der Waals surface area contributed by atoms with Crippen molar-refractivity contribution in [1.29, 1.82) is 0 Å². The van der Waals surface area contributed by atoms with Crippen LogP contribution in [0.4, 0.5) is 15.0 Å². The van der Waals surface area contributed by atoms with Crippen molar-refractivity contribution >= 4 is 29.6 Å². The first kappa shape index (κ1) is 32.8. The maximum Gasteiger partial charge on any atom is 0.408 e. The monoisotopic (exact) mass is 616 g/mol. The Balaban J connectivity index is 1.29. The number of hydrogen-bond donors (Lipinski definition) is 1. The number of amides is 1. The summed E-state index contributed by atoms with van der Waals surface area (Å²) < 4.78 is 31.4. The molecule has 1 N–H and O–H groups in total. The summed E-state index contributed by atoms with van der Waals surface area (Å²) in [5.74, 6) is 1.64. The van der Waals surface area contributed by atoms with E-state index in [1.54, 1.807) is 18.5 Å². The Hall–Kier alpha value is -3.08. The Morgan fingerprint density at radius 3 is 2.63 bits per heavy atom. The van der Waals surface area contributed by atoms with Gasteiger partial charge in [0.25, 0.3) is 0 Å². The molecule has 4 rings (SSSR count). The minimum Gasteiger partial charge on any atom is -0.484 e. The summed E-state index contributed by atoms with van der Waals surface area (Å²) in [6.45, 7) is 11.5. The standard InChI is InChI=1S/C32H45FN4O5S/c1-6-8-9-22(7-2)21-40-28(38)12-17-43-27-20-34-26(19-35-27)37-15-13-32(14-16-37)29(36-30(39)42-31(3,4)5)24-11-10-23(33)18-25(24)41-32/h10-11,18-20,22,29H,6-9,12-17,21H2,1-5H3,(H,36,39)/t22?,29-/m1/s1. The minimum atomic E-state index is -0.728. The van der Waals surface area contributed by atoms with Gasteiger partial charge in [0.1, 0.15) is 39.7 Å². The molecule has 9 nitrogen and oxygen atoms in total. The third-order valence-corrected chi connectivity index (χ3v) is 8.83. The molecule has 0 radical (unpaired) electrons. The number of rotatable bonds is 12. The van der Waals surface area contributed by atoms with E-state index in [0.717, 1.165) is 42.1 Å². The molecule has 2 atom stereocenters. The topological polar surface area (TPSA) is 103 Å². The molecular formula is C32H45FN4O5S. The predicted octanol–water partition coefficient (Wildman–Crippen LogP) is 6.85. The zero-order chi connectivity index (χ0) is 31.0. The van der Waals surface area contributed by atoms with E-state index in [1.165, 1.54) is 23.9 Å². The molecule has 236 valence electrons. The van der Waals surface area contributed by atoms with Crippen LogP contribution in [0.2, 0.25) is 0 Å². The molecule has 0 bridgehead atoms. The number of thioether (sulfide) groups is 1. The summed E-state index contributed by atoms with van der Waals surface area (Å²) in [6.07, 6.45) is 8.86. The van der Waals surface area contributed by atoms with E-state index in [-0.39, 0.29) is 11.8 Å². The minimum absolute atomic E-state index is 0.173. The number of esters is 1. The lowest BCUT2D eigenvalue weighted by Crippen LogP contribution is -2.54. The van der Waals surface area contributed by atoms with Gasteiger partial charge in [-0.2, -0.15) is 0 Å². The van der Waals surface area contributed by atoms with E-state index in [4.69, 9.17) is 14.2 Å². The van der Waals surface area contributed by atoms with Crippen molar-refractivity contribution < 1.29 is 28.2 Å². The molecule has 3 heterocycles. The number of alkyl carbamates (subject to hydrolysis) is 1. The van der Waals surface area contributed by atoms with Gasteiger partial charge in [0.15, 0.2) is 0 Å². The Bertz CT molecular complexity index is 1230. The average molecular weight is 617 g/mol. The number of nitrogens with one attached hydrogen (secondary N) is 1. The summed E-state index contributed by atoms with van der Waals surface area (Å²) >= 11 is 1.48. The number of unbranched alkanes of at least 4 members (excludes halogenated alkanes) is 1. The van der Waals surface area contributed by atoms with Crippen molar-refractivity contribution in [2.75, 3.05) is 30.3 Å². The summed E-state index contributed by atoms with van der Waals surface area (Å²) in [5, 5.41) is 3.74. The highest BCUT2D eigenvalue weighted by Gasteiger charge is 2.51. The fourth-order valence-corrected chi connectivity index (χ4v) is 6.24. The third-order valence-electron chi connectivity index (χ3n) is 7.91. The molecule has 1 aromatic heterocycles. The van der Waals surface area contributed by atoms with Gasteiger partial charge in [-0.25, -0.2) is 19.2 Å². The van der Waals surface area contributed by atoms with E-state index >= 15 is 0 Å². The fourth-order valence-electron chi connectivity index (χ4n) is 5.50. The number of carbonyl (C=O) groups is 2. The number of carbonyl (C=O) groups excluding carboxylic acids is 2. The number of nitrogens with zero attached hydrogens (tertiary/aromatic N) is 3. The number of anilines is 1. The van der Waals surface area contributed by atoms with Crippen LogP contribution in [0.25, 0.3) is 0 Å². The molecule has 1 saturated heterocycles. The highest BCUT2D eigenvalue weighted by Crippen LogP contribution is 2.49. The largest absolute Gasteiger partial charge is 0.484 e. The second-order valence-corrected chi connectivity index (χ2v) is 13.4. The second-order valence-electron chi connectivity index (χ2n) is 12.3. The third kappa shape index (κ3) is 8.97. The first-order chi connectivity index (χ1) is 20.5. The van der Waals surface area contributed by atoms with Crippen molar-refractivity contribution in [2.45, 2.75) is 102 Å². The molecule has 1 spiro atoms. The number of hydrogen-bond acceptors (Lipinski definition) is 9. The van der Waals surface area contributed by atoms with Gasteiger partial charge < -0.3 is 24.4 Å². The molecule has 2 aliphatic heterocycles. The van der Waals surface area contributed by atoms with Crippen LogP contribution in [0.15, 0.2) is 35.6 Å². The van der Waals surface area contributed by atoms with E-state index in [1.807, 2.05) is 20.8 Å². The number of aromatic nitrogens is 2. The second kappa shape index (κ2) is 14.6. The molecule has 11 heteroatoms. The molecular weight excluding hydrogens is 571 g/mol. The van der Waals surface area contributed by atoms with Crippen molar-refractivity contribution in [1.82, 2.24) is 15.3 Å². The maximum absolute atomic E-state index is 14.0. The Morgan fingerprint density at radius 2 is 1.98 bits per heavy atom. The zero-order valence-corrected chi connectivity index (χ0v) is 26.8. The van der Waals surface area contributed by atoms with E-state index in [2.05, 4.69) is 34.0 Å². The lowest BCUT2D eigenvalue weighted by Gasteiger charge is -2.42. The number of ether oxygens (including phenoxy) is 3. The molecule has 2 aromatic rings. The molecule has 1 amide bonds. The van der Waals surface area contributed by atoms with Crippen LogP contribution in [0.3, 0.4) is 0 Å². The lowest BCUT2D eigenvalue weighted by molar-refractivity contribution is -0.144. The first-order valence-corrected chi connectivity index (χ1v) is 16.3. The first-order valence-electron chi connectivity index (χ1n) is 15.4. The normalized spacial score (nSPS) is 18.1. The SMILES string of the molecule is CCCCC(CC)COC(=O)CCSc1cnc(N2CCC3(CC2)Oc2cc(F)ccc2[C@H]3NC(=O)OC(C)(C)C)cn1. The van der Waals surface area contributed by atoms with Gasteiger partial charge in [-0.05, 0) is 39.2 Å². The van der Waals surface area contributed by atoms with Gasteiger partial charge in [0.05, 0.1) is 25.4 Å². The van der Waals surface area contributed by atoms with Gasteiger partial charge >= 0.3 is 12.1 Å². The van der Waals surface area contributed by atoms with Gasteiger partial charge in [0, 0.05) is 43.3 Å². The summed E-state index contributed by atoms with van der Waals surface area (Å²) in [5.41, 5.74) is -0.633. The van der Waals surface area contributed by atoms with Gasteiger partial charge in [0.2, 0.25) is 0 Å². The van der Waals surface area contributed by atoms with Crippen molar-refractivity contribution in [3.8, 4) is 5.75 Å². The number of piperidine rings is 1. The van der Waals surface area contributed by atoms with Gasteiger partial charge in [-0.3, -0.25) is 4.79 Å². The lowest BCUT2D eigenvalue weighted by atomic mass is 9.82. The Kier molecular flexibility index (Phi) is 11.1. The van der Waals surface area contributed by atoms with Crippen LogP contribution in [-0.2, 0) is 14.3 Å². The van der Waals surface area contributed by atoms with Crippen molar-refractivity contribution in [3.05, 3.63) is 42.0 Å². The quantitative estimate of drug-likeness (QED) is 0.202. The molecule has 0 saturated carbocycles. The Labute approximate surface area is 258 Å². The molecule has 2 aliphatic rings. The van der Waals surface area contributed by atoms with E-state index in [9.17, 15) is 14.0 Å². The summed E-state index contributed by atoms with van der Waals surface area (Å²) in [7, 11) is 0. The highest BCUT2D eigenvalue weighted by atomic mass is 32.2. The smallest absolute Gasteiger partial charge is 0.408 e. The molecule has 0 aliphatic carbocycles. The van der Waals surface area contributed by atoms with Crippen LogP contribution < -0.4 is 15.0 Å². The molecule has 1 aromatic carbocycles. The van der Waals surface area contributed by atoms with E-state index in [0.29, 0.717) is 56.4 Å². The van der Waals surface area contributed by atoms with Crippen molar-refractivity contribution in [2.24, 2.45) is 5.92 Å². The van der Waals surface area contributed by atoms with Crippen LogP contribution >= 0.6 is 11.8 Å². The molecule has 1 fully saturated rings. The summed E-state index contributed by atoms with van der Waals surface area (Å²) in [4.78, 5) is 36.2. The van der Waals surface area contributed by atoms with Gasteiger partial charge in [-0.1, -0.05) is 39.2 Å². The molecule has 43 heavy (non-hydrogen) atoms. The highest BCUT2D eigenvalue weighted by molar-refractivity contribution is 7.99. The number of benzene rings is 1. The van der Waals surface area contributed by atoms with Crippen LogP contribution in [0.1, 0.15) is 91.2 Å². The Morgan fingerprint density at radius 1 is 1.21 bits per heavy atom. The van der Waals surface area contributed by atoms with Crippen LogP contribution in [0.5, 0.6) is 5.75 Å². The average Bonchev–Trinajstić information content (AvgIpc) is 3.24. The van der Waals surface area contributed by atoms with Crippen LogP contribution in [0, 0.1) is 11.7 Å². The molecule has 1 unspecified atom stereocenters. The zero-order valence-electron chi connectivity index (χ0n) is 26.0. The predicted molar refractivity (Wildman–Crippen MR) is 165 cm³/mol. The maximum atomic E-state index is 14.0. The van der Waals surface area contributed by atoms with Gasteiger partial charge in [-0.15, -0.1) is 11.8 Å². The number of halogens is 1. The van der Waals surface area contributed by atoms with Crippen molar-refractivity contribution in [3.63, 3.8) is 0 Å². The van der Waals surface area contributed by atoms with Crippen LogP contribution in [-0.4, -0.2) is 58.7 Å². The van der Waals surface area contributed by atoms with E-state index < -0.39 is 23.3 Å².